The lowest BCUT2D eigenvalue weighted by Crippen LogP contribution is -2.29. The van der Waals surface area contributed by atoms with Crippen LogP contribution in [0, 0.1) is 0 Å². The first-order chi connectivity index (χ1) is 7.29. The maximum atomic E-state index is 10.4. The lowest BCUT2D eigenvalue weighted by molar-refractivity contribution is -0.107. The van der Waals surface area contributed by atoms with E-state index in [-0.39, 0.29) is 0 Å². The molecule has 0 saturated carbocycles. The van der Waals surface area contributed by atoms with Crippen LogP contribution in [0.1, 0.15) is 29.5 Å². The van der Waals surface area contributed by atoms with E-state index in [4.69, 9.17) is 0 Å². The van der Waals surface area contributed by atoms with E-state index < -0.39 is 0 Å². The topological polar surface area (TPSA) is 33.2 Å². The highest BCUT2D eigenvalue weighted by molar-refractivity contribution is 7.09. The minimum Gasteiger partial charge on any atom is -0.306 e. The minimum absolute atomic E-state index is 0.470. The Morgan fingerprint density at radius 1 is 1.60 bits per heavy atom. The summed E-state index contributed by atoms with van der Waals surface area (Å²) in [5.41, 5.74) is 1.20. The predicted octanol–water partition coefficient (Wildman–Crippen LogP) is 1.69. The van der Waals surface area contributed by atoms with E-state index in [9.17, 15) is 4.79 Å². The van der Waals surface area contributed by atoms with E-state index in [1.807, 2.05) is 0 Å². The summed E-state index contributed by atoms with van der Waals surface area (Å²) in [6.45, 7) is 2.32. The van der Waals surface area contributed by atoms with Crippen molar-refractivity contribution in [3.05, 3.63) is 16.1 Å². The van der Waals surface area contributed by atoms with Gasteiger partial charge < -0.3 is 9.69 Å². The van der Waals surface area contributed by atoms with E-state index in [0.29, 0.717) is 12.3 Å². The zero-order valence-corrected chi connectivity index (χ0v) is 9.80. The van der Waals surface area contributed by atoms with Gasteiger partial charge in [-0.05, 0) is 33.0 Å². The second kappa shape index (κ2) is 4.86. The van der Waals surface area contributed by atoms with Crippen molar-refractivity contribution in [2.45, 2.75) is 25.2 Å². The maximum absolute atomic E-state index is 10.4. The summed E-state index contributed by atoms with van der Waals surface area (Å²) in [4.78, 5) is 17.2. The van der Waals surface area contributed by atoms with Crippen LogP contribution in [0.3, 0.4) is 0 Å². The van der Waals surface area contributed by atoms with Gasteiger partial charge in [0, 0.05) is 11.3 Å². The summed E-state index contributed by atoms with van der Waals surface area (Å²) in [6, 6.07) is 0. The summed E-state index contributed by atoms with van der Waals surface area (Å²) in [5, 5.41) is 3.08. The molecule has 0 radical (unpaired) electrons. The van der Waals surface area contributed by atoms with E-state index in [1.165, 1.54) is 18.5 Å². The Bertz CT molecular complexity index is 329. The number of carbonyl (C=O) groups is 1. The van der Waals surface area contributed by atoms with Gasteiger partial charge in [-0.15, -0.1) is 11.3 Å². The van der Waals surface area contributed by atoms with Gasteiger partial charge in [0.2, 0.25) is 0 Å². The lowest BCUT2D eigenvalue weighted by Gasteiger charge is -2.27. The van der Waals surface area contributed by atoms with E-state index >= 15 is 0 Å². The van der Waals surface area contributed by atoms with Crippen molar-refractivity contribution in [1.82, 2.24) is 9.88 Å². The van der Waals surface area contributed by atoms with Crippen LogP contribution in [-0.2, 0) is 11.2 Å². The smallest absolute Gasteiger partial charge is 0.126 e. The fraction of sp³-hybridized carbons (Fsp3) is 0.636. The van der Waals surface area contributed by atoms with Crippen LogP contribution in [0.2, 0.25) is 0 Å². The van der Waals surface area contributed by atoms with Gasteiger partial charge in [0.1, 0.15) is 6.29 Å². The predicted molar refractivity (Wildman–Crippen MR) is 61.4 cm³/mol. The summed E-state index contributed by atoms with van der Waals surface area (Å²) < 4.78 is 0. The number of nitrogens with zero attached hydrogens (tertiary/aromatic N) is 2. The SMILES string of the molecule is CN1CCC(c2csc(CC=O)n2)CC1. The molecule has 0 spiro atoms. The molecule has 1 aliphatic rings. The summed E-state index contributed by atoms with van der Waals surface area (Å²) in [5.74, 6) is 0.609. The van der Waals surface area contributed by atoms with Gasteiger partial charge in [0.15, 0.2) is 0 Å². The summed E-state index contributed by atoms with van der Waals surface area (Å²) in [7, 11) is 2.16. The van der Waals surface area contributed by atoms with Gasteiger partial charge in [0.25, 0.3) is 0 Å². The summed E-state index contributed by atoms with van der Waals surface area (Å²) in [6.07, 6.45) is 3.79. The molecule has 0 bridgehead atoms. The molecule has 0 atom stereocenters. The van der Waals surface area contributed by atoms with Crippen molar-refractivity contribution in [2.75, 3.05) is 20.1 Å². The Morgan fingerprint density at radius 2 is 2.33 bits per heavy atom. The molecule has 2 heterocycles. The van der Waals surface area contributed by atoms with Crippen molar-refractivity contribution in [3.8, 4) is 0 Å². The average Bonchev–Trinajstić information content (AvgIpc) is 2.68. The molecule has 1 fully saturated rings. The quantitative estimate of drug-likeness (QED) is 0.733. The number of hydrogen-bond donors (Lipinski definition) is 0. The molecule has 0 aromatic carbocycles. The number of piperidine rings is 1. The van der Waals surface area contributed by atoms with Crippen LogP contribution >= 0.6 is 11.3 Å². The van der Waals surface area contributed by atoms with Crippen molar-refractivity contribution >= 4 is 17.6 Å². The molecule has 1 aliphatic heterocycles. The first-order valence-electron chi connectivity index (χ1n) is 5.36. The first kappa shape index (κ1) is 10.8. The highest BCUT2D eigenvalue weighted by Crippen LogP contribution is 2.28. The summed E-state index contributed by atoms with van der Waals surface area (Å²) >= 11 is 1.61. The lowest BCUT2D eigenvalue weighted by atomic mass is 9.95. The molecule has 2 rings (SSSR count). The molecular formula is C11H16N2OS. The standard InChI is InChI=1S/C11H16N2OS/c1-13-5-2-9(3-6-13)10-8-15-11(12-10)4-7-14/h7-9H,2-6H2,1H3. The van der Waals surface area contributed by atoms with Crippen molar-refractivity contribution in [3.63, 3.8) is 0 Å². The first-order valence-corrected chi connectivity index (χ1v) is 6.24. The number of likely N-dealkylation sites (tertiary alicyclic amines) is 1. The van der Waals surface area contributed by atoms with Gasteiger partial charge in [0.05, 0.1) is 17.1 Å². The molecular weight excluding hydrogens is 208 g/mol. The largest absolute Gasteiger partial charge is 0.306 e. The van der Waals surface area contributed by atoms with Crippen LogP contribution in [0.15, 0.2) is 5.38 Å². The molecule has 4 heteroatoms. The normalized spacial score (nSPS) is 19.3. The molecule has 0 aliphatic carbocycles. The average molecular weight is 224 g/mol. The fourth-order valence-corrected chi connectivity index (χ4v) is 2.81. The monoisotopic (exact) mass is 224 g/mol. The van der Waals surface area contributed by atoms with E-state index in [1.54, 1.807) is 11.3 Å². The molecule has 3 nitrogen and oxygen atoms in total. The van der Waals surface area contributed by atoms with E-state index in [0.717, 1.165) is 24.4 Å². The fourth-order valence-electron chi connectivity index (χ4n) is 1.98. The van der Waals surface area contributed by atoms with Crippen LogP contribution in [0.5, 0.6) is 0 Å². The highest BCUT2D eigenvalue weighted by Gasteiger charge is 2.20. The van der Waals surface area contributed by atoms with Crippen LogP contribution in [0.4, 0.5) is 0 Å². The van der Waals surface area contributed by atoms with Crippen molar-refractivity contribution < 1.29 is 4.79 Å². The molecule has 1 aromatic rings. The van der Waals surface area contributed by atoms with Crippen molar-refractivity contribution in [1.29, 1.82) is 0 Å². The molecule has 15 heavy (non-hydrogen) atoms. The van der Waals surface area contributed by atoms with Gasteiger partial charge in [-0.3, -0.25) is 0 Å². The molecule has 0 amide bonds. The Labute approximate surface area is 94.1 Å². The van der Waals surface area contributed by atoms with E-state index in [2.05, 4.69) is 22.3 Å². The zero-order valence-electron chi connectivity index (χ0n) is 8.98. The molecule has 0 unspecified atom stereocenters. The molecule has 1 aromatic heterocycles. The third-order valence-electron chi connectivity index (χ3n) is 2.96. The van der Waals surface area contributed by atoms with Gasteiger partial charge in [-0.1, -0.05) is 0 Å². The number of aldehydes is 1. The van der Waals surface area contributed by atoms with Crippen LogP contribution < -0.4 is 0 Å². The Morgan fingerprint density at radius 3 is 3.00 bits per heavy atom. The molecule has 0 N–H and O–H groups in total. The van der Waals surface area contributed by atoms with Gasteiger partial charge in [-0.2, -0.15) is 0 Å². The second-order valence-electron chi connectivity index (χ2n) is 4.11. The van der Waals surface area contributed by atoms with Gasteiger partial charge in [-0.25, -0.2) is 4.98 Å². The number of thiazole rings is 1. The maximum Gasteiger partial charge on any atom is 0.126 e. The Kier molecular flexibility index (Phi) is 3.49. The second-order valence-corrected chi connectivity index (χ2v) is 5.06. The third kappa shape index (κ3) is 2.63. The molecule has 1 saturated heterocycles. The third-order valence-corrected chi connectivity index (χ3v) is 3.85. The molecule has 82 valence electrons. The number of carbonyl (C=O) groups excluding carboxylic acids is 1. The zero-order chi connectivity index (χ0) is 10.7. The van der Waals surface area contributed by atoms with Crippen molar-refractivity contribution in [2.24, 2.45) is 0 Å². The van der Waals surface area contributed by atoms with Crippen LogP contribution in [0.25, 0.3) is 0 Å². The van der Waals surface area contributed by atoms with Crippen LogP contribution in [-0.4, -0.2) is 36.3 Å². The van der Waals surface area contributed by atoms with Gasteiger partial charge >= 0.3 is 0 Å². The Balaban J connectivity index is 1.99. The number of hydrogen-bond acceptors (Lipinski definition) is 4. The Hall–Kier alpha value is -0.740. The minimum atomic E-state index is 0.470. The number of aromatic nitrogens is 1. The highest BCUT2D eigenvalue weighted by atomic mass is 32.1. The number of rotatable bonds is 3.